The molecule has 4 rings (SSSR count). The third kappa shape index (κ3) is 5.50. The van der Waals surface area contributed by atoms with Gasteiger partial charge in [-0.15, -0.1) is 11.3 Å². The molecule has 2 aliphatic rings. The first-order valence-electron chi connectivity index (χ1n) is 11.0. The summed E-state index contributed by atoms with van der Waals surface area (Å²) in [7, 11) is 3.60. The van der Waals surface area contributed by atoms with Gasteiger partial charge < -0.3 is 24.6 Å². The predicted octanol–water partition coefficient (Wildman–Crippen LogP) is 2.53. The van der Waals surface area contributed by atoms with Crippen molar-refractivity contribution in [3.8, 4) is 5.75 Å². The van der Waals surface area contributed by atoms with Crippen molar-refractivity contribution in [1.29, 1.82) is 0 Å². The molecule has 7 nitrogen and oxygen atoms in total. The first-order valence-corrected chi connectivity index (χ1v) is 11.9. The van der Waals surface area contributed by atoms with Gasteiger partial charge in [-0.2, -0.15) is 0 Å². The van der Waals surface area contributed by atoms with Crippen LogP contribution in [0.5, 0.6) is 5.75 Å². The smallest absolute Gasteiger partial charge is 0.193 e. The molecule has 2 fully saturated rings. The third-order valence-corrected chi connectivity index (χ3v) is 6.99. The summed E-state index contributed by atoms with van der Waals surface area (Å²) in [6, 6.07) is 13.0. The van der Waals surface area contributed by atoms with Crippen molar-refractivity contribution in [3.63, 3.8) is 0 Å². The SMILES string of the molecule is CN=C(NCC(c1cccs1)N1CCOCC1)N1CCN(c2cccc(OC)c2)CC1. The summed E-state index contributed by atoms with van der Waals surface area (Å²) in [6.07, 6.45) is 0. The largest absolute Gasteiger partial charge is 0.497 e. The number of methoxy groups -OCH3 is 1. The second-order valence-electron chi connectivity index (χ2n) is 7.78. The van der Waals surface area contributed by atoms with E-state index in [2.05, 4.69) is 60.7 Å². The van der Waals surface area contributed by atoms with Crippen LogP contribution in [0.1, 0.15) is 10.9 Å². The molecule has 0 radical (unpaired) electrons. The third-order valence-electron chi connectivity index (χ3n) is 6.02. The molecule has 1 atom stereocenters. The number of benzene rings is 1. The number of anilines is 1. The molecule has 1 aromatic heterocycles. The topological polar surface area (TPSA) is 52.6 Å². The number of rotatable bonds is 6. The molecule has 0 saturated carbocycles. The fraction of sp³-hybridized carbons (Fsp3) is 0.522. The number of nitrogens with zero attached hydrogens (tertiary/aromatic N) is 4. The zero-order valence-corrected chi connectivity index (χ0v) is 19.3. The van der Waals surface area contributed by atoms with Gasteiger partial charge in [-0.3, -0.25) is 9.89 Å². The number of thiophene rings is 1. The van der Waals surface area contributed by atoms with E-state index in [4.69, 9.17) is 9.47 Å². The molecule has 2 aliphatic heterocycles. The molecule has 168 valence electrons. The fourth-order valence-corrected chi connectivity index (χ4v) is 5.14. The number of morpholine rings is 1. The van der Waals surface area contributed by atoms with Gasteiger partial charge in [0.25, 0.3) is 0 Å². The van der Waals surface area contributed by atoms with Crippen molar-refractivity contribution in [2.45, 2.75) is 6.04 Å². The maximum Gasteiger partial charge on any atom is 0.193 e. The minimum atomic E-state index is 0.346. The fourth-order valence-electron chi connectivity index (χ4n) is 4.28. The minimum Gasteiger partial charge on any atom is -0.497 e. The van der Waals surface area contributed by atoms with Crippen LogP contribution in [0.15, 0.2) is 46.8 Å². The van der Waals surface area contributed by atoms with Gasteiger partial charge in [-0.25, -0.2) is 0 Å². The van der Waals surface area contributed by atoms with Crippen LogP contribution in [0.25, 0.3) is 0 Å². The lowest BCUT2D eigenvalue weighted by molar-refractivity contribution is 0.0176. The second kappa shape index (κ2) is 10.8. The summed E-state index contributed by atoms with van der Waals surface area (Å²) < 4.78 is 10.9. The van der Waals surface area contributed by atoms with Crippen molar-refractivity contribution in [2.24, 2.45) is 4.99 Å². The summed E-state index contributed by atoms with van der Waals surface area (Å²) in [4.78, 5) is 13.3. The van der Waals surface area contributed by atoms with Crippen LogP contribution in [-0.2, 0) is 4.74 Å². The molecule has 0 bridgehead atoms. The van der Waals surface area contributed by atoms with Crippen LogP contribution < -0.4 is 15.0 Å². The van der Waals surface area contributed by atoms with Crippen LogP contribution in [0.2, 0.25) is 0 Å². The lowest BCUT2D eigenvalue weighted by Gasteiger charge is -2.39. The van der Waals surface area contributed by atoms with E-state index >= 15 is 0 Å². The highest BCUT2D eigenvalue weighted by Crippen LogP contribution is 2.26. The highest BCUT2D eigenvalue weighted by molar-refractivity contribution is 7.10. The van der Waals surface area contributed by atoms with Gasteiger partial charge in [0.2, 0.25) is 0 Å². The summed E-state index contributed by atoms with van der Waals surface area (Å²) in [5.74, 6) is 1.89. The van der Waals surface area contributed by atoms with E-state index in [1.807, 2.05) is 24.5 Å². The molecule has 1 aromatic carbocycles. The molecule has 2 aromatic rings. The Hall–Kier alpha value is -2.29. The maximum absolute atomic E-state index is 5.57. The lowest BCUT2D eigenvalue weighted by atomic mass is 10.2. The van der Waals surface area contributed by atoms with Crippen molar-refractivity contribution in [3.05, 3.63) is 46.7 Å². The molecule has 3 heterocycles. The monoisotopic (exact) mass is 443 g/mol. The van der Waals surface area contributed by atoms with Crippen LogP contribution in [-0.4, -0.2) is 88.9 Å². The van der Waals surface area contributed by atoms with E-state index in [0.717, 1.165) is 70.7 Å². The zero-order valence-electron chi connectivity index (χ0n) is 18.5. The normalized spacial score (nSPS) is 19.4. The number of hydrogen-bond acceptors (Lipinski definition) is 6. The van der Waals surface area contributed by atoms with E-state index in [-0.39, 0.29) is 0 Å². The Morgan fingerprint density at radius 2 is 1.94 bits per heavy atom. The Balaban J connectivity index is 1.34. The molecule has 0 aliphatic carbocycles. The van der Waals surface area contributed by atoms with Crippen LogP contribution in [0.4, 0.5) is 5.69 Å². The van der Waals surface area contributed by atoms with Gasteiger partial charge in [0.05, 0.1) is 26.4 Å². The van der Waals surface area contributed by atoms with E-state index in [9.17, 15) is 0 Å². The van der Waals surface area contributed by atoms with E-state index in [1.165, 1.54) is 10.6 Å². The Morgan fingerprint density at radius 3 is 2.61 bits per heavy atom. The number of hydrogen-bond donors (Lipinski definition) is 1. The van der Waals surface area contributed by atoms with Gasteiger partial charge in [-0.05, 0) is 23.6 Å². The first-order chi connectivity index (χ1) is 15.3. The average molecular weight is 444 g/mol. The van der Waals surface area contributed by atoms with Crippen LogP contribution >= 0.6 is 11.3 Å². The lowest BCUT2D eigenvalue weighted by Crippen LogP contribution is -2.54. The van der Waals surface area contributed by atoms with Crippen molar-refractivity contribution < 1.29 is 9.47 Å². The summed E-state index contributed by atoms with van der Waals surface area (Å²) in [5, 5.41) is 5.82. The van der Waals surface area contributed by atoms with Crippen molar-refractivity contribution in [2.75, 3.05) is 78.1 Å². The molecular weight excluding hydrogens is 410 g/mol. The first kappa shape index (κ1) is 21.9. The molecule has 0 amide bonds. The Labute approximate surface area is 189 Å². The Morgan fingerprint density at radius 1 is 1.13 bits per heavy atom. The second-order valence-corrected chi connectivity index (χ2v) is 8.76. The van der Waals surface area contributed by atoms with Crippen LogP contribution in [0, 0.1) is 0 Å². The Kier molecular flexibility index (Phi) is 7.66. The zero-order chi connectivity index (χ0) is 21.5. The molecular formula is C23H33N5O2S. The predicted molar refractivity (Wildman–Crippen MR) is 128 cm³/mol. The molecule has 31 heavy (non-hydrogen) atoms. The minimum absolute atomic E-state index is 0.346. The standard InChI is InChI=1S/C23H33N5O2S/c1-24-23(25-18-21(22-7-4-16-31-22)27-12-14-30-15-13-27)28-10-8-26(9-11-28)19-5-3-6-20(17-19)29-2/h3-7,16-17,21H,8-15,18H2,1-2H3,(H,24,25). The van der Waals surface area contributed by atoms with Gasteiger partial charge in [0.15, 0.2) is 5.96 Å². The van der Waals surface area contributed by atoms with Gasteiger partial charge >= 0.3 is 0 Å². The number of piperazine rings is 1. The Bertz CT molecular complexity index is 830. The van der Waals surface area contributed by atoms with Crippen LogP contribution in [0.3, 0.4) is 0 Å². The van der Waals surface area contributed by atoms with E-state index in [1.54, 1.807) is 7.11 Å². The van der Waals surface area contributed by atoms with Gasteiger partial charge in [-0.1, -0.05) is 12.1 Å². The maximum atomic E-state index is 5.57. The molecule has 2 saturated heterocycles. The number of ether oxygens (including phenoxy) is 2. The summed E-state index contributed by atoms with van der Waals surface area (Å²) in [6.45, 7) is 8.23. The molecule has 0 spiro atoms. The highest BCUT2D eigenvalue weighted by Gasteiger charge is 2.25. The number of nitrogens with one attached hydrogen (secondary N) is 1. The average Bonchev–Trinajstić information content (AvgIpc) is 3.37. The van der Waals surface area contributed by atoms with Gasteiger partial charge in [0, 0.05) is 69.5 Å². The molecule has 8 heteroatoms. The van der Waals surface area contributed by atoms with E-state index in [0.29, 0.717) is 6.04 Å². The molecule has 1 unspecified atom stereocenters. The van der Waals surface area contributed by atoms with Crippen molar-refractivity contribution >= 4 is 23.0 Å². The molecule has 1 N–H and O–H groups in total. The number of guanidine groups is 1. The summed E-state index contributed by atoms with van der Waals surface area (Å²) >= 11 is 1.83. The number of aliphatic imine (C=N–C) groups is 1. The highest BCUT2D eigenvalue weighted by atomic mass is 32.1. The van der Waals surface area contributed by atoms with E-state index < -0.39 is 0 Å². The van der Waals surface area contributed by atoms with Crippen molar-refractivity contribution in [1.82, 2.24) is 15.1 Å². The van der Waals surface area contributed by atoms with Gasteiger partial charge in [0.1, 0.15) is 5.75 Å². The summed E-state index contributed by atoms with van der Waals surface area (Å²) in [5.41, 5.74) is 1.21. The quantitative estimate of drug-likeness (QED) is 0.547.